The number of ether oxygens (including phenoxy) is 1. The van der Waals surface area contributed by atoms with Gasteiger partial charge in [0.25, 0.3) is 0 Å². The largest absolute Gasteiger partial charge is 0.381 e. The Hall–Kier alpha value is -1.03. The van der Waals surface area contributed by atoms with Crippen molar-refractivity contribution < 1.29 is 4.74 Å². The second-order valence-corrected chi connectivity index (χ2v) is 3.36. The fraction of sp³-hybridized carbons (Fsp3) is 0.667. The topological polar surface area (TPSA) is 41.1 Å². The van der Waals surface area contributed by atoms with Gasteiger partial charge in [-0.05, 0) is 12.8 Å². The van der Waals surface area contributed by atoms with Crippen molar-refractivity contribution in [3.63, 3.8) is 0 Å². The molecule has 0 bridgehead atoms. The summed E-state index contributed by atoms with van der Waals surface area (Å²) in [7, 11) is 1.79. The first-order valence-electron chi connectivity index (χ1n) is 4.67. The van der Waals surface area contributed by atoms with Crippen molar-refractivity contribution in [1.29, 1.82) is 0 Å². The Balaban J connectivity index is 1.92. The minimum atomic E-state index is 0.444. The predicted octanol–water partition coefficient (Wildman–Crippen LogP) is 1.02. The van der Waals surface area contributed by atoms with Crippen LogP contribution in [0.15, 0.2) is 12.3 Å². The fourth-order valence-electron chi connectivity index (χ4n) is 1.76. The first-order chi connectivity index (χ1) is 6.40. The van der Waals surface area contributed by atoms with Crippen LogP contribution in [0.25, 0.3) is 0 Å². The van der Waals surface area contributed by atoms with Gasteiger partial charge in [-0.15, -0.1) is 0 Å². The Morgan fingerprint density at radius 3 is 2.85 bits per heavy atom. The van der Waals surface area contributed by atoms with E-state index in [1.807, 2.05) is 6.07 Å². The van der Waals surface area contributed by atoms with Crippen LogP contribution in [0.3, 0.4) is 0 Å². The lowest BCUT2D eigenvalue weighted by molar-refractivity contribution is 0.0818. The molecule has 0 saturated carbocycles. The van der Waals surface area contributed by atoms with Crippen LogP contribution in [0.2, 0.25) is 0 Å². The Morgan fingerprint density at radius 1 is 1.54 bits per heavy atom. The van der Waals surface area contributed by atoms with Crippen LogP contribution in [-0.4, -0.2) is 36.5 Å². The molecule has 4 nitrogen and oxygen atoms in total. The highest BCUT2D eigenvalue weighted by atomic mass is 16.5. The molecule has 72 valence electrons. The second kappa shape index (κ2) is 3.79. The molecular weight excluding hydrogens is 166 g/mol. The smallest absolute Gasteiger partial charge is 0.123 e. The average molecular weight is 181 g/mol. The summed E-state index contributed by atoms with van der Waals surface area (Å²) < 4.78 is 5.30. The summed E-state index contributed by atoms with van der Waals surface area (Å²) in [5, 5.41) is 6.91. The highest BCUT2D eigenvalue weighted by Crippen LogP contribution is 2.18. The van der Waals surface area contributed by atoms with Gasteiger partial charge in [0.05, 0.1) is 12.3 Å². The molecule has 0 spiro atoms. The van der Waals surface area contributed by atoms with E-state index in [2.05, 4.69) is 15.1 Å². The van der Waals surface area contributed by atoms with E-state index in [9.17, 15) is 0 Å². The van der Waals surface area contributed by atoms with Crippen LogP contribution >= 0.6 is 0 Å². The van der Waals surface area contributed by atoms with Crippen LogP contribution in [0.1, 0.15) is 12.8 Å². The van der Waals surface area contributed by atoms with E-state index >= 15 is 0 Å². The maximum Gasteiger partial charge on any atom is 0.123 e. The molecule has 4 heteroatoms. The van der Waals surface area contributed by atoms with Gasteiger partial charge < -0.3 is 9.64 Å². The Labute approximate surface area is 77.9 Å². The van der Waals surface area contributed by atoms with Crippen molar-refractivity contribution in [3.05, 3.63) is 12.3 Å². The molecule has 0 amide bonds. The molecule has 2 rings (SSSR count). The van der Waals surface area contributed by atoms with Gasteiger partial charge in [-0.2, -0.15) is 5.10 Å². The third-order valence-electron chi connectivity index (χ3n) is 2.60. The lowest BCUT2D eigenvalue weighted by atomic mass is 10.1. The van der Waals surface area contributed by atoms with E-state index in [4.69, 9.17) is 4.74 Å². The van der Waals surface area contributed by atoms with Crippen molar-refractivity contribution in [2.75, 3.05) is 25.1 Å². The average Bonchev–Trinajstić information content (AvgIpc) is 2.71. The molecule has 0 unspecified atom stereocenters. The third kappa shape index (κ3) is 1.83. The quantitative estimate of drug-likeness (QED) is 0.740. The standard InChI is InChI=1S/C9H15N3O/c1-13-8-3-6-12(7-4-8)9-2-5-10-11-9/h2,5,8H,3-4,6-7H2,1H3,(H,10,11). The molecule has 1 N–H and O–H groups in total. The molecule has 0 aromatic carbocycles. The Bertz CT molecular complexity index is 239. The van der Waals surface area contributed by atoms with Crippen LogP contribution in [0.4, 0.5) is 5.82 Å². The molecule has 2 heterocycles. The Kier molecular flexibility index (Phi) is 2.49. The third-order valence-corrected chi connectivity index (χ3v) is 2.60. The van der Waals surface area contributed by atoms with Gasteiger partial charge in [0, 0.05) is 26.3 Å². The van der Waals surface area contributed by atoms with Crippen LogP contribution in [-0.2, 0) is 4.74 Å². The van der Waals surface area contributed by atoms with Gasteiger partial charge in [-0.1, -0.05) is 0 Å². The molecule has 0 atom stereocenters. The Morgan fingerprint density at radius 2 is 2.31 bits per heavy atom. The molecule has 13 heavy (non-hydrogen) atoms. The van der Waals surface area contributed by atoms with Gasteiger partial charge in [-0.3, -0.25) is 5.10 Å². The van der Waals surface area contributed by atoms with Crippen molar-refractivity contribution in [2.45, 2.75) is 18.9 Å². The van der Waals surface area contributed by atoms with Crippen LogP contribution < -0.4 is 4.90 Å². The molecule has 1 aliphatic rings. The predicted molar refractivity (Wildman–Crippen MR) is 50.8 cm³/mol. The molecule has 1 aromatic rings. The van der Waals surface area contributed by atoms with E-state index in [-0.39, 0.29) is 0 Å². The summed E-state index contributed by atoms with van der Waals surface area (Å²) >= 11 is 0. The molecule has 0 aliphatic carbocycles. The van der Waals surface area contributed by atoms with E-state index < -0.39 is 0 Å². The maximum absolute atomic E-state index is 5.30. The van der Waals surface area contributed by atoms with Gasteiger partial charge >= 0.3 is 0 Å². The number of nitrogens with zero attached hydrogens (tertiary/aromatic N) is 2. The zero-order valence-electron chi connectivity index (χ0n) is 7.86. The summed E-state index contributed by atoms with van der Waals surface area (Å²) in [6.07, 6.45) is 4.45. The van der Waals surface area contributed by atoms with E-state index in [1.54, 1.807) is 13.3 Å². The zero-order chi connectivity index (χ0) is 9.10. The molecule has 1 saturated heterocycles. The minimum Gasteiger partial charge on any atom is -0.381 e. The summed E-state index contributed by atoms with van der Waals surface area (Å²) in [6, 6.07) is 2.01. The van der Waals surface area contributed by atoms with Gasteiger partial charge in [0.2, 0.25) is 0 Å². The van der Waals surface area contributed by atoms with Gasteiger partial charge in [0.15, 0.2) is 0 Å². The highest BCUT2D eigenvalue weighted by Gasteiger charge is 2.19. The number of nitrogens with one attached hydrogen (secondary N) is 1. The zero-order valence-corrected chi connectivity index (χ0v) is 7.86. The second-order valence-electron chi connectivity index (χ2n) is 3.36. The first-order valence-corrected chi connectivity index (χ1v) is 4.67. The molecule has 0 radical (unpaired) electrons. The maximum atomic E-state index is 5.30. The molecule has 1 aromatic heterocycles. The van der Waals surface area contributed by atoms with E-state index in [0.29, 0.717) is 6.10 Å². The number of aromatic nitrogens is 2. The summed E-state index contributed by atoms with van der Waals surface area (Å²) in [5.74, 6) is 1.12. The van der Waals surface area contributed by atoms with E-state index in [0.717, 1.165) is 31.7 Å². The number of hydrogen-bond donors (Lipinski definition) is 1. The molecule has 1 fully saturated rings. The van der Waals surface area contributed by atoms with Gasteiger partial charge in [0.1, 0.15) is 5.82 Å². The highest BCUT2D eigenvalue weighted by molar-refractivity contribution is 5.36. The number of piperidine rings is 1. The van der Waals surface area contributed by atoms with Crippen molar-refractivity contribution in [3.8, 4) is 0 Å². The fourth-order valence-corrected chi connectivity index (χ4v) is 1.76. The van der Waals surface area contributed by atoms with Crippen molar-refractivity contribution in [2.24, 2.45) is 0 Å². The van der Waals surface area contributed by atoms with Crippen LogP contribution in [0.5, 0.6) is 0 Å². The van der Waals surface area contributed by atoms with E-state index in [1.165, 1.54) is 0 Å². The number of rotatable bonds is 2. The number of H-pyrrole nitrogens is 1. The monoisotopic (exact) mass is 181 g/mol. The lowest BCUT2D eigenvalue weighted by Crippen LogP contribution is -2.36. The van der Waals surface area contributed by atoms with Gasteiger partial charge in [-0.25, -0.2) is 0 Å². The first kappa shape index (κ1) is 8.56. The minimum absolute atomic E-state index is 0.444. The van der Waals surface area contributed by atoms with Crippen molar-refractivity contribution in [1.82, 2.24) is 10.2 Å². The lowest BCUT2D eigenvalue weighted by Gasteiger charge is -2.31. The number of hydrogen-bond acceptors (Lipinski definition) is 3. The molecule has 1 aliphatic heterocycles. The number of methoxy groups -OCH3 is 1. The normalized spacial score (nSPS) is 19.3. The number of aromatic amines is 1. The number of anilines is 1. The summed E-state index contributed by atoms with van der Waals surface area (Å²) in [6.45, 7) is 2.11. The molecular formula is C9H15N3O. The van der Waals surface area contributed by atoms with Crippen molar-refractivity contribution >= 4 is 5.82 Å². The summed E-state index contributed by atoms with van der Waals surface area (Å²) in [5.41, 5.74) is 0. The summed E-state index contributed by atoms with van der Waals surface area (Å²) in [4.78, 5) is 2.31. The SMILES string of the molecule is COC1CCN(c2ccn[nH]2)CC1. The van der Waals surface area contributed by atoms with Crippen LogP contribution in [0, 0.1) is 0 Å².